The number of carbonyl (C=O) groups is 1. The fourth-order valence-electron chi connectivity index (χ4n) is 2.86. The van der Waals surface area contributed by atoms with Gasteiger partial charge in [-0.25, -0.2) is 32.9 Å². The zero-order valence-electron chi connectivity index (χ0n) is 16.6. The molecule has 11 heteroatoms. The summed E-state index contributed by atoms with van der Waals surface area (Å²) in [4.78, 5) is 24.6. The highest BCUT2D eigenvalue weighted by Crippen LogP contribution is 2.21. The van der Waals surface area contributed by atoms with Crippen LogP contribution in [0, 0.1) is 24.4 Å². The number of halogens is 3. The Morgan fingerprint density at radius 3 is 2.38 bits per heavy atom. The van der Waals surface area contributed by atoms with E-state index in [2.05, 4.69) is 30.9 Å². The van der Waals surface area contributed by atoms with Crippen LogP contribution in [0.2, 0.25) is 0 Å². The molecule has 0 aliphatic rings. The minimum atomic E-state index is -1.66. The van der Waals surface area contributed by atoms with E-state index in [1.165, 1.54) is 6.33 Å². The fourth-order valence-corrected chi connectivity index (χ4v) is 2.86. The van der Waals surface area contributed by atoms with Crippen molar-refractivity contribution in [1.29, 1.82) is 0 Å². The number of amides is 2. The highest BCUT2D eigenvalue weighted by atomic mass is 19.2. The number of rotatable bonds is 5. The molecule has 0 aliphatic carbocycles. The lowest BCUT2D eigenvalue weighted by Crippen LogP contribution is -2.20. The van der Waals surface area contributed by atoms with Gasteiger partial charge in [0.1, 0.15) is 23.8 Å². The average molecular weight is 439 g/mol. The first-order chi connectivity index (χ1) is 15.4. The number of urea groups is 1. The van der Waals surface area contributed by atoms with Gasteiger partial charge in [-0.05, 0) is 43.3 Å². The predicted octanol–water partition coefficient (Wildman–Crippen LogP) is 4.78. The van der Waals surface area contributed by atoms with Crippen LogP contribution < -0.4 is 16.0 Å². The van der Waals surface area contributed by atoms with E-state index in [0.29, 0.717) is 23.0 Å². The van der Waals surface area contributed by atoms with E-state index in [0.717, 1.165) is 18.0 Å². The molecule has 2 aromatic carbocycles. The lowest BCUT2D eigenvalue weighted by molar-refractivity contribution is 0.262. The van der Waals surface area contributed by atoms with Gasteiger partial charge >= 0.3 is 6.03 Å². The Bertz CT molecular complexity index is 1270. The summed E-state index contributed by atoms with van der Waals surface area (Å²) in [6.07, 6.45) is 4.89. The third kappa shape index (κ3) is 4.51. The monoisotopic (exact) mass is 439 g/mol. The van der Waals surface area contributed by atoms with Crippen LogP contribution >= 0.6 is 0 Å². The lowest BCUT2D eigenvalue weighted by atomic mass is 10.2. The number of hydrogen-bond acceptors (Lipinski definition) is 5. The molecule has 0 saturated carbocycles. The zero-order valence-corrected chi connectivity index (χ0v) is 16.6. The quantitative estimate of drug-likeness (QED) is 0.389. The molecule has 4 rings (SSSR count). The van der Waals surface area contributed by atoms with E-state index < -0.39 is 29.2 Å². The SMILES string of the molecule is Cc1nccn1-c1cc(Nc2ccc(NC(=O)Nc3ccc(F)c(F)c3F)cc2)ncn1. The maximum absolute atomic E-state index is 13.7. The van der Waals surface area contributed by atoms with Gasteiger partial charge < -0.3 is 16.0 Å². The molecule has 2 heterocycles. The second-order valence-electron chi connectivity index (χ2n) is 6.61. The number of nitrogens with zero attached hydrogens (tertiary/aromatic N) is 4. The molecule has 0 fully saturated rings. The Balaban J connectivity index is 1.40. The van der Waals surface area contributed by atoms with Crippen LogP contribution in [0.25, 0.3) is 5.82 Å². The molecule has 162 valence electrons. The van der Waals surface area contributed by atoms with E-state index >= 15 is 0 Å². The van der Waals surface area contributed by atoms with Crippen LogP contribution in [-0.4, -0.2) is 25.6 Å². The number of aromatic nitrogens is 4. The van der Waals surface area contributed by atoms with E-state index in [1.807, 2.05) is 11.5 Å². The Morgan fingerprint density at radius 1 is 0.906 bits per heavy atom. The molecule has 0 atom stereocenters. The molecular weight excluding hydrogens is 423 g/mol. The third-order valence-electron chi connectivity index (χ3n) is 4.42. The average Bonchev–Trinajstić information content (AvgIpc) is 3.22. The summed E-state index contributed by atoms with van der Waals surface area (Å²) in [6.45, 7) is 1.86. The second kappa shape index (κ2) is 8.76. The molecule has 0 saturated heterocycles. The molecule has 2 amide bonds. The van der Waals surface area contributed by atoms with Gasteiger partial charge in [0, 0.05) is 29.8 Å². The normalized spacial score (nSPS) is 10.6. The van der Waals surface area contributed by atoms with Gasteiger partial charge in [-0.2, -0.15) is 0 Å². The van der Waals surface area contributed by atoms with Gasteiger partial charge in [0.05, 0.1) is 5.69 Å². The molecule has 8 nitrogen and oxygen atoms in total. The van der Waals surface area contributed by atoms with Crippen LogP contribution in [-0.2, 0) is 0 Å². The minimum Gasteiger partial charge on any atom is -0.340 e. The molecular formula is C21H16F3N7O. The standard InChI is InChI=1S/C21H16F3N7O/c1-12-25-8-9-31(12)18-10-17(26-11-27-18)28-13-2-4-14(5-3-13)29-21(32)30-16-7-6-15(22)19(23)20(16)24/h2-11H,1H3,(H,26,27,28)(H2,29,30,32). The van der Waals surface area contributed by atoms with Gasteiger partial charge in [-0.15, -0.1) is 0 Å². The number of anilines is 4. The lowest BCUT2D eigenvalue weighted by Gasteiger charge is -2.11. The highest BCUT2D eigenvalue weighted by Gasteiger charge is 2.15. The summed E-state index contributed by atoms with van der Waals surface area (Å²) >= 11 is 0. The summed E-state index contributed by atoms with van der Waals surface area (Å²) in [7, 11) is 0. The molecule has 3 N–H and O–H groups in total. The summed E-state index contributed by atoms with van der Waals surface area (Å²) in [6, 6.07) is 9.19. The predicted molar refractivity (Wildman–Crippen MR) is 113 cm³/mol. The van der Waals surface area contributed by atoms with Crippen LogP contribution in [0.5, 0.6) is 0 Å². The molecule has 0 bridgehead atoms. The van der Waals surface area contributed by atoms with Crippen molar-refractivity contribution in [1.82, 2.24) is 19.5 Å². The van der Waals surface area contributed by atoms with Crippen LogP contribution in [0.15, 0.2) is 61.2 Å². The van der Waals surface area contributed by atoms with Gasteiger partial charge in [0.25, 0.3) is 0 Å². The van der Waals surface area contributed by atoms with Crippen molar-refractivity contribution in [3.05, 3.63) is 84.5 Å². The first-order valence-corrected chi connectivity index (χ1v) is 9.31. The van der Waals surface area contributed by atoms with Crippen molar-refractivity contribution >= 4 is 28.9 Å². The number of hydrogen-bond donors (Lipinski definition) is 3. The van der Waals surface area contributed by atoms with Crippen LogP contribution in [0.3, 0.4) is 0 Å². The van der Waals surface area contributed by atoms with Gasteiger partial charge in [0.2, 0.25) is 0 Å². The third-order valence-corrected chi connectivity index (χ3v) is 4.42. The fraction of sp³-hybridized carbons (Fsp3) is 0.0476. The van der Waals surface area contributed by atoms with E-state index in [4.69, 9.17) is 0 Å². The Morgan fingerprint density at radius 2 is 1.66 bits per heavy atom. The molecule has 32 heavy (non-hydrogen) atoms. The van der Waals surface area contributed by atoms with Crippen molar-refractivity contribution in [2.24, 2.45) is 0 Å². The molecule has 0 unspecified atom stereocenters. The number of imidazole rings is 1. The molecule has 0 spiro atoms. The Kier molecular flexibility index (Phi) is 5.71. The van der Waals surface area contributed by atoms with E-state index in [1.54, 1.807) is 42.7 Å². The van der Waals surface area contributed by atoms with E-state index in [9.17, 15) is 18.0 Å². The van der Waals surface area contributed by atoms with Crippen molar-refractivity contribution in [3.63, 3.8) is 0 Å². The van der Waals surface area contributed by atoms with Crippen molar-refractivity contribution in [3.8, 4) is 5.82 Å². The van der Waals surface area contributed by atoms with Crippen molar-refractivity contribution < 1.29 is 18.0 Å². The van der Waals surface area contributed by atoms with Crippen LogP contribution in [0.4, 0.5) is 40.8 Å². The first kappa shape index (κ1) is 20.8. The number of aryl methyl sites for hydroxylation is 1. The largest absolute Gasteiger partial charge is 0.340 e. The van der Waals surface area contributed by atoms with Gasteiger partial charge in [-0.1, -0.05) is 0 Å². The summed E-state index contributed by atoms with van der Waals surface area (Å²) in [5, 5.41) is 7.74. The first-order valence-electron chi connectivity index (χ1n) is 9.31. The molecule has 0 radical (unpaired) electrons. The second-order valence-corrected chi connectivity index (χ2v) is 6.61. The summed E-state index contributed by atoms with van der Waals surface area (Å²) in [5.41, 5.74) is 0.607. The zero-order chi connectivity index (χ0) is 22.7. The molecule has 2 aromatic heterocycles. The topological polar surface area (TPSA) is 96.8 Å². The Hall–Kier alpha value is -4.41. The van der Waals surface area contributed by atoms with Crippen LogP contribution in [0.1, 0.15) is 5.82 Å². The van der Waals surface area contributed by atoms with E-state index in [-0.39, 0.29) is 0 Å². The summed E-state index contributed by atoms with van der Waals surface area (Å²) < 4.78 is 41.8. The molecule has 0 aliphatic heterocycles. The summed E-state index contributed by atoms with van der Waals surface area (Å²) in [5.74, 6) is -2.49. The maximum atomic E-state index is 13.7. The maximum Gasteiger partial charge on any atom is 0.323 e. The number of nitrogens with one attached hydrogen (secondary N) is 3. The number of carbonyl (C=O) groups excluding carboxylic acids is 1. The highest BCUT2D eigenvalue weighted by molar-refractivity contribution is 5.99. The van der Waals surface area contributed by atoms with Gasteiger partial charge in [0.15, 0.2) is 17.5 Å². The smallest absolute Gasteiger partial charge is 0.323 e. The molecule has 4 aromatic rings. The van der Waals surface area contributed by atoms with Gasteiger partial charge in [-0.3, -0.25) is 4.57 Å². The minimum absolute atomic E-state index is 0.397. The number of benzene rings is 2. The van der Waals surface area contributed by atoms with Crippen molar-refractivity contribution in [2.45, 2.75) is 6.92 Å². The Labute approximate surface area is 180 Å². The van der Waals surface area contributed by atoms with Crippen molar-refractivity contribution in [2.75, 3.05) is 16.0 Å².